The van der Waals surface area contributed by atoms with E-state index in [4.69, 9.17) is 0 Å². The summed E-state index contributed by atoms with van der Waals surface area (Å²) in [5, 5.41) is 11.8. The first-order valence-electron chi connectivity index (χ1n) is 13.2. The molecule has 4 aliphatic carbocycles. The van der Waals surface area contributed by atoms with Gasteiger partial charge in [-0.1, -0.05) is 13.8 Å². The molecule has 0 aromatic carbocycles. The van der Waals surface area contributed by atoms with Gasteiger partial charge in [-0.05, 0) is 0 Å². The van der Waals surface area contributed by atoms with Crippen molar-refractivity contribution in [1.82, 2.24) is 0 Å². The molecule has 172 valence electrons. The predicted octanol–water partition coefficient (Wildman–Crippen LogP) is 7.54. The fourth-order valence-corrected chi connectivity index (χ4v) is 11.2. The van der Waals surface area contributed by atoms with Gasteiger partial charge in [-0.25, -0.2) is 0 Å². The van der Waals surface area contributed by atoms with E-state index in [2.05, 4.69) is 39.6 Å². The second-order valence-corrected chi connectivity index (χ2v) is 14.2. The monoisotopic (exact) mass is 480 g/mol. The molecule has 8 atom stereocenters. The summed E-state index contributed by atoms with van der Waals surface area (Å²) in [5.41, 5.74) is 2.75. The van der Waals surface area contributed by atoms with E-state index in [9.17, 15) is 5.11 Å². The number of aliphatic hydroxyl groups is 1. The molecule has 4 aliphatic rings. The maximum atomic E-state index is 10.4. The van der Waals surface area contributed by atoms with Crippen LogP contribution in [0.4, 0.5) is 0 Å². The van der Waals surface area contributed by atoms with Gasteiger partial charge in [-0.2, -0.15) is 0 Å². The topological polar surface area (TPSA) is 20.2 Å². The summed E-state index contributed by atoms with van der Waals surface area (Å²) in [5.74, 6) is 7.97. The standard InChI is InChI=1S/C28H48OSe/c1-19(2)7-6-8-20(3)24-11-12-25-23-10-9-21-17-22(29)13-16-28(21,18-30-5)26(23)14-15-27(24,25)4/h9,19-20,22-26,29H,6-8,10-18H2,1-5H3/t20-,22?,23+,24-,25+,26+,27-,28-/m1/s1. The first kappa shape index (κ1) is 23.4. The molecular formula is C28H48OSe. The molecule has 1 nitrogen and oxygen atoms in total. The van der Waals surface area contributed by atoms with Gasteiger partial charge in [0.1, 0.15) is 0 Å². The average molecular weight is 480 g/mol. The first-order valence-corrected chi connectivity index (χ1v) is 16.1. The molecule has 0 spiro atoms. The van der Waals surface area contributed by atoms with E-state index in [-0.39, 0.29) is 6.10 Å². The summed E-state index contributed by atoms with van der Waals surface area (Å²) in [6.45, 7) is 10.1. The van der Waals surface area contributed by atoms with Crippen molar-refractivity contribution in [3.8, 4) is 0 Å². The van der Waals surface area contributed by atoms with Crippen LogP contribution >= 0.6 is 0 Å². The zero-order valence-corrected chi connectivity index (χ0v) is 22.2. The van der Waals surface area contributed by atoms with Crippen LogP contribution in [0, 0.1) is 46.3 Å². The van der Waals surface area contributed by atoms with Crippen LogP contribution in [-0.4, -0.2) is 26.2 Å². The molecule has 1 unspecified atom stereocenters. The molecule has 0 radical (unpaired) electrons. The first-order chi connectivity index (χ1) is 14.3. The van der Waals surface area contributed by atoms with Crippen molar-refractivity contribution in [3.63, 3.8) is 0 Å². The molecule has 0 amide bonds. The van der Waals surface area contributed by atoms with Crippen LogP contribution in [0.5, 0.6) is 0 Å². The average Bonchev–Trinajstić information content (AvgIpc) is 3.05. The van der Waals surface area contributed by atoms with Gasteiger partial charge in [0.15, 0.2) is 0 Å². The van der Waals surface area contributed by atoms with Crippen molar-refractivity contribution in [1.29, 1.82) is 0 Å². The molecule has 1 N–H and O–H groups in total. The Balaban J connectivity index is 1.53. The molecule has 4 rings (SSSR count). The second kappa shape index (κ2) is 9.23. The van der Waals surface area contributed by atoms with Crippen molar-refractivity contribution >= 4 is 15.0 Å². The molecule has 3 saturated carbocycles. The van der Waals surface area contributed by atoms with E-state index in [0.29, 0.717) is 10.8 Å². The Morgan fingerprint density at radius 3 is 2.60 bits per heavy atom. The van der Waals surface area contributed by atoms with Gasteiger partial charge < -0.3 is 0 Å². The van der Waals surface area contributed by atoms with Crippen molar-refractivity contribution in [2.75, 3.05) is 0 Å². The normalized spacial score (nSPS) is 44.2. The number of aliphatic hydroxyl groups excluding tert-OH is 1. The second-order valence-electron chi connectivity index (χ2n) is 12.4. The summed E-state index contributed by atoms with van der Waals surface area (Å²) < 4.78 is 0. The molecule has 0 bridgehead atoms. The van der Waals surface area contributed by atoms with Crippen LogP contribution in [0.1, 0.15) is 98.3 Å². The van der Waals surface area contributed by atoms with Crippen LogP contribution in [0.3, 0.4) is 0 Å². The summed E-state index contributed by atoms with van der Waals surface area (Å²) in [6, 6.07) is 0. The van der Waals surface area contributed by atoms with E-state index >= 15 is 0 Å². The van der Waals surface area contributed by atoms with E-state index in [0.717, 1.165) is 63.3 Å². The van der Waals surface area contributed by atoms with E-state index < -0.39 is 0 Å². The van der Waals surface area contributed by atoms with Gasteiger partial charge in [0.25, 0.3) is 0 Å². The predicted molar refractivity (Wildman–Crippen MR) is 130 cm³/mol. The Labute approximate surface area is 193 Å². The Hall–Kier alpha value is 0.219. The third-order valence-corrected chi connectivity index (χ3v) is 12.1. The molecule has 0 aromatic rings. The molecule has 0 aromatic heterocycles. The Bertz CT molecular complexity index is 626. The Morgan fingerprint density at radius 2 is 1.87 bits per heavy atom. The van der Waals surface area contributed by atoms with Crippen molar-refractivity contribution in [2.45, 2.75) is 116 Å². The maximum absolute atomic E-state index is 10.4. The van der Waals surface area contributed by atoms with Crippen LogP contribution in [0.25, 0.3) is 0 Å². The fourth-order valence-electron chi connectivity index (χ4n) is 8.99. The third-order valence-electron chi connectivity index (χ3n) is 10.4. The van der Waals surface area contributed by atoms with Gasteiger partial charge in [0, 0.05) is 0 Å². The van der Waals surface area contributed by atoms with E-state index in [1.807, 2.05) is 0 Å². The van der Waals surface area contributed by atoms with E-state index in [1.165, 1.54) is 63.1 Å². The van der Waals surface area contributed by atoms with Gasteiger partial charge in [-0.3, -0.25) is 0 Å². The van der Waals surface area contributed by atoms with Crippen molar-refractivity contribution in [3.05, 3.63) is 11.6 Å². The van der Waals surface area contributed by atoms with Crippen LogP contribution in [0.2, 0.25) is 11.1 Å². The Morgan fingerprint density at radius 1 is 1.07 bits per heavy atom. The number of hydrogen-bond acceptors (Lipinski definition) is 1. The van der Waals surface area contributed by atoms with Gasteiger partial charge in [0.05, 0.1) is 0 Å². The molecule has 3 fully saturated rings. The fraction of sp³-hybridized carbons (Fsp3) is 0.929. The number of fused-ring (bicyclic) bond motifs is 5. The van der Waals surface area contributed by atoms with Crippen LogP contribution < -0.4 is 0 Å². The zero-order valence-electron chi connectivity index (χ0n) is 20.5. The van der Waals surface area contributed by atoms with Gasteiger partial charge >= 0.3 is 180 Å². The minimum absolute atomic E-state index is 0.0679. The zero-order chi connectivity index (χ0) is 21.5. The van der Waals surface area contributed by atoms with E-state index in [1.54, 1.807) is 5.57 Å². The third kappa shape index (κ3) is 4.01. The molecule has 2 heteroatoms. The van der Waals surface area contributed by atoms with Crippen molar-refractivity contribution in [2.24, 2.45) is 46.3 Å². The number of hydrogen-bond donors (Lipinski definition) is 1. The summed E-state index contributed by atoms with van der Waals surface area (Å²) in [7, 11) is 0. The SMILES string of the molecule is C[Se]C[C@]12CCC(O)CC1=CC[C@@H]1[C@@H]2CC[C@]2(C)[C@@H]([C@H](C)CCCC(C)C)CC[C@@H]12. The van der Waals surface area contributed by atoms with Gasteiger partial charge in [0.2, 0.25) is 0 Å². The van der Waals surface area contributed by atoms with Gasteiger partial charge in [-0.15, -0.1) is 0 Å². The Kier molecular flexibility index (Phi) is 7.19. The summed E-state index contributed by atoms with van der Waals surface area (Å²) in [6.07, 6.45) is 17.4. The van der Waals surface area contributed by atoms with Crippen LogP contribution in [0.15, 0.2) is 11.6 Å². The quantitative estimate of drug-likeness (QED) is 0.295. The summed E-state index contributed by atoms with van der Waals surface area (Å²) >= 11 is 0.729. The molecule has 30 heavy (non-hydrogen) atoms. The van der Waals surface area contributed by atoms with Crippen molar-refractivity contribution < 1.29 is 5.11 Å². The molecular weight excluding hydrogens is 431 g/mol. The van der Waals surface area contributed by atoms with Crippen LogP contribution in [-0.2, 0) is 0 Å². The molecule has 0 aliphatic heterocycles. The number of rotatable bonds is 7. The molecule has 0 heterocycles. The summed E-state index contributed by atoms with van der Waals surface area (Å²) in [4.78, 5) is 0. The minimum atomic E-state index is -0.0679. The molecule has 0 saturated heterocycles. The number of allylic oxidation sites excluding steroid dienone is 1.